The Kier molecular flexibility index (Phi) is 2.70. The SMILES string of the molecule is [CH3][Sn]([CH3])([CH3])[c]1ccc(-c2cnco2)s1. The van der Waals surface area contributed by atoms with Crippen LogP contribution in [-0.2, 0) is 0 Å². The molecule has 0 aromatic carbocycles. The molecule has 2 heterocycles. The molecular weight excluding hydrogens is 301 g/mol. The van der Waals surface area contributed by atoms with Crippen molar-refractivity contribution in [3.05, 3.63) is 24.7 Å². The summed E-state index contributed by atoms with van der Waals surface area (Å²) in [6.07, 6.45) is 3.25. The molecule has 0 bridgehead atoms. The van der Waals surface area contributed by atoms with E-state index in [1.807, 2.05) is 11.3 Å². The van der Waals surface area contributed by atoms with E-state index in [0.29, 0.717) is 0 Å². The number of thiophene rings is 1. The molecule has 2 aromatic rings. The zero-order valence-corrected chi connectivity index (χ0v) is 12.2. The molecule has 0 amide bonds. The van der Waals surface area contributed by atoms with E-state index in [9.17, 15) is 0 Å². The third-order valence-corrected chi connectivity index (χ3v) is 12.6. The van der Waals surface area contributed by atoms with Crippen LogP contribution in [0.15, 0.2) is 29.1 Å². The van der Waals surface area contributed by atoms with Crippen LogP contribution in [0.4, 0.5) is 0 Å². The monoisotopic (exact) mass is 315 g/mol. The summed E-state index contributed by atoms with van der Waals surface area (Å²) in [4.78, 5) is 12.4. The summed E-state index contributed by atoms with van der Waals surface area (Å²) >= 11 is -0.0178. The number of rotatable bonds is 2. The predicted octanol–water partition coefficient (Wildman–Crippen LogP) is 2.95. The first-order valence-corrected chi connectivity index (χ1v) is 15.4. The van der Waals surface area contributed by atoms with Gasteiger partial charge in [0.25, 0.3) is 0 Å². The second-order valence-electron chi connectivity index (χ2n) is 4.28. The van der Waals surface area contributed by atoms with E-state index in [1.165, 1.54) is 11.3 Å². The van der Waals surface area contributed by atoms with Crippen molar-refractivity contribution in [1.29, 1.82) is 0 Å². The van der Waals surface area contributed by atoms with Crippen molar-refractivity contribution < 1.29 is 4.42 Å². The molecule has 14 heavy (non-hydrogen) atoms. The summed E-state index contributed by atoms with van der Waals surface area (Å²) in [5.41, 5.74) is 0. The van der Waals surface area contributed by atoms with Gasteiger partial charge in [-0.2, -0.15) is 0 Å². The molecule has 0 aliphatic rings. The van der Waals surface area contributed by atoms with Crippen molar-refractivity contribution >= 4 is 32.6 Å². The Bertz CT molecular complexity index is 414. The van der Waals surface area contributed by atoms with Gasteiger partial charge in [0.15, 0.2) is 0 Å². The van der Waals surface area contributed by atoms with Crippen LogP contribution in [0.3, 0.4) is 0 Å². The third kappa shape index (κ3) is 2.03. The Morgan fingerprint density at radius 2 is 2.07 bits per heavy atom. The van der Waals surface area contributed by atoms with Gasteiger partial charge < -0.3 is 0 Å². The van der Waals surface area contributed by atoms with Gasteiger partial charge in [-0.3, -0.25) is 0 Å². The average Bonchev–Trinajstić information content (AvgIpc) is 2.73. The summed E-state index contributed by atoms with van der Waals surface area (Å²) in [6, 6.07) is 4.39. The first-order valence-electron chi connectivity index (χ1n) is 4.56. The fourth-order valence-electron chi connectivity index (χ4n) is 1.21. The summed E-state index contributed by atoms with van der Waals surface area (Å²) in [7, 11) is 0. The van der Waals surface area contributed by atoms with E-state index in [-0.39, 0.29) is 0 Å². The molecule has 0 fully saturated rings. The second-order valence-corrected chi connectivity index (χ2v) is 20.8. The van der Waals surface area contributed by atoms with Crippen LogP contribution in [0.1, 0.15) is 0 Å². The zero-order valence-electron chi connectivity index (χ0n) is 8.57. The van der Waals surface area contributed by atoms with Gasteiger partial charge in [-0.1, -0.05) is 0 Å². The molecule has 2 rings (SSSR count). The van der Waals surface area contributed by atoms with Gasteiger partial charge in [0, 0.05) is 0 Å². The van der Waals surface area contributed by atoms with Gasteiger partial charge in [-0.05, 0) is 0 Å². The Morgan fingerprint density at radius 1 is 1.29 bits per heavy atom. The van der Waals surface area contributed by atoms with Gasteiger partial charge >= 0.3 is 92.2 Å². The Hall–Kier alpha value is -0.291. The minimum absolute atomic E-state index is 0.886. The summed E-state index contributed by atoms with van der Waals surface area (Å²) in [6.45, 7) is 0. The zero-order chi connectivity index (χ0) is 10.2. The van der Waals surface area contributed by atoms with Crippen LogP contribution in [0.25, 0.3) is 10.6 Å². The van der Waals surface area contributed by atoms with Gasteiger partial charge in [0.2, 0.25) is 0 Å². The van der Waals surface area contributed by atoms with Crippen molar-refractivity contribution in [3.8, 4) is 10.6 Å². The molecule has 0 aliphatic carbocycles. The van der Waals surface area contributed by atoms with Crippen LogP contribution >= 0.6 is 11.3 Å². The molecule has 74 valence electrons. The number of hydrogen-bond donors (Lipinski definition) is 0. The maximum atomic E-state index is 5.27. The van der Waals surface area contributed by atoms with Gasteiger partial charge in [0.1, 0.15) is 0 Å². The Morgan fingerprint density at radius 3 is 2.57 bits per heavy atom. The van der Waals surface area contributed by atoms with Crippen molar-refractivity contribution in [2.75, 3.05) is 0 Å². The fourth-order valence-corrected chi connectivity index (χ4v) is 7.46. The van der Waals surface area contributed by atoms with Crippen molar-refractivity contribution in [3.63, 3.8) is 0 Å². The van der Waals surface area contributed by atoms with Crippen molar-refractivity contribution in [2.45, 2.75) is 14.8 Å². The molecule has 2 aromatic heterocycles. The van der Waals surface area contributed by atoms with Gasteiger partial charge in [0.05, 0.1) is 0 Å². The molecule has 0 radical (unpaired) electrons. The molecule has 0 aliphatic heterocycles. The molecule has 4 heteroatoms. The Balaban J connectivity index is 2.36. The molecular formula is C10H13NOSSn. The van der Waals surface area contributed by atoms with E-state index in [2.05, 4.69) is 31.9 Å². The number of aromatic nitrogens is 1. The maximum absolute atomic E-state index is 5.27. The number of hydrogen-bond acceptors (Lipinski definition) is 3. The topological polar surface area (TPSA) is 26.0 Å². The number of nitrogens with zero attached hydrogens (tertiary/aromatic N) is 1. The molecule has 0 saturated carbocycles. The molecule has 0 atom stereocenters. The fraction of sp³-hybridized carbons (Fsp3) is 0.300. The molecule has 0 saturated heterocycles. The van der Waals surface area contributed by atoms with Crippen LogP contribution < -0.4 is 2.89 Å². The normalized spacial score (nSPS) is 11.9. The second kappa shape index (κ2) is 3.70. The average molecular weight is 314 g/mol. The summed E-state index contributed by atoms with van der Waals surface area (Å²) < 4.78 is 6.84. The minimum atomic E-state index is -1.87. The van der Waals surface area contributed by atoms with Crippen LogP contribution in [0.2, 0.25) is 14.8 Å². The van der Waals surface area contributed by atoms with E-state index >= 15 is 0 Å². The van der Waals surface area contributed by atoms with E-state index < -0.39 is 18.4 Å². The first-order chi connectivity index (χ1) is 6.57. The van der Waals surface area contributed by atoms with Crippen LogP contribution in [0, 0.1) is 0 Å². The summed E-state index contributed by atoms with van der Waals surface area (Å²) in [5.74, 6) is 0.886. The molecule has 0 spiro atoms. The number of oxazole rings is 1. The molecule has 2 nitrogen and oxygen atoms in total. The van der Waals surface area contributed by atoms with Gasteiger partial charge in [-0.25, -0.2) is 0 Å². The predicted molar refractivity (Wildman–Crippen MR) is 62.8 cm³/mol. The van der Waals surface area contributed by atoms with Crippen molar-refractivity contribution in [2.24, 2.45) is 0 Å². The molecule has 0 N–H and O–H groups in total. The molecule has 0 unspecified atom stereocenters. The van der Waals surface area contributed by atoms with E-state index in [4.69, 9.17) is 4.42 Å². The van der Waals surface area contributed by atoms with Crippen LogP contribution in [-0.4, -0.2) is 23.4 Å². The van der Waals surface area contributed by atoms with Crippen molar-refractivity contribution in [1.82, 2.24) is 4.98 Å². The summed E-state index contributed by atoms with van der Waals surface area (Å²) in [5, 5.41) is 0. The van der Waals surface area contributed by atoms with E-state index in [1.54, 1.807) is 9.09 Å². The van der Waals surface area contributed by atoms with Gasteiger partial charge in [-0.15, -0.1) is 0 Å². The van der Waals surface area contributed by atoms with Crippen LogP contribution in [0.5, 0.6) is 0 Å². The first kappa shape index (κ1) is 10.2. The quantitative estimate of drug-likeness (QED) is 0.797. The standard InChI is InChI=1S/C7H4NOS.3CH3.Sn/c1-2-7(10-3-1)6-4-8-5-9-6;;;;/h1-2,4-5H;3*1H3;. The Labute approximate surface area is 91.9 Å². The third-order valence-electron chi connectivity index (χ3n) is 2.02. The van der Waals surface area contributed by atoms with E-state index in [0.717, 1.165) is 5.76 Å².